The summed E-state index contributed by atoms with van der Waals surface area (Å²) in [6, 6.07) is 2.02. The number of alkyl halides is 3. The number of benzene rings is 1. The lowest BCUT2D eigenvalue weighted by Crippen LogP contribution is -2.37. The molecule has 10 heteroatoms. The van der Waals surface area contributed by atoms with Crippen molar-refractivity contribution in [2.75, 3.05) is 19.7 Å². The van der Waals surface area contributed by atoms with E-state index in [4.69, 9.17) is 16.3 Å². The summed E-state index contributed by atoms with van der Waals surface area (Å²) in [5.74, 6) is -0.794. The monoisotopic (exact) mass is 387 g/mol. The van der Waals surface area contributed by atoms with Crippen LogP contribution in [0.3, 0.4) is 0 Å². The third kappa shape index (κ3) is 5.09. The van der Waals surface area contributed by atoms with E-state index in [1.54, 1.807) is 13.8 Å². The van der Waals surface area contributed by atoms with Gasteiger partial charge in [-0.15, -0.1) is 0 Å². The van der Waals surface area contributed by atoms with Gasteiger partial charge in [-0.3, -0.25) is 4.79 Å². The van der Waals surface area contributed by atoms with Crippen molar-refractivity contribution in [2.45, 2.75) is 31.3 Å². The van der Waals surface area contributed by atoms with E-state index in [-0.39, 0.29) is 18.2 Å². The molecule has 0 heterocycles. The summed E-state index contributed by atoms with van der Waals surface area (Å²) < 4.78 is 69.2. The van der Waals surface area contributed by atoms with Crippen molar-refractivity contribution in [3.8, 4) is 0 Å². The molecule has 0 spiro atoms. The second kappa shape index (κ2) is 8.17. The lowest BCUT2D eigenvalue weighted by molar-refractivity contribution is -0.143. The van der Waals surface area contributed by atoms with Gasteiger partial charge in [-0.25, -0.2) is 8.42 Å². The SMILES string of the molecule is CCCN(CC(=O)OCC)S(=O)(=O)c1cc(C(F)(F)F)ccc1Cl. The zero-order valence-corrected chi connectivity index (χ0v) is 14.6. The zero-order chi connectivity index (χ0) is 18.5. The van der Waals surface area contributed by atoms with E-state index < -0.39 is 39.2 Å². The maximum Gasteiger partial charge on any atom is 0.416 e. The molecule has 0 fully saturated rings. The highest BCUT2D eigenvalue weighted by molar-refractivity contribution is 7.89. The van der Waals surface area contributed by atoms with Gasteiger partial charge in [0.05, 0.1) is 17.2 Å². The van der Waals surface area contributed by atoms with Crippen molar-refractivity contribution < 1.29 is 31.1 Å². The Morgan fingerprint density at radius 3 is 2.42 bits per heavy atom. The average Bonchev–Trinajstić information content (AvgIpc) is 2.46. The number of rotatable bonds is 7. The van der Waals surface area contributed by atoms with Gasteiger partial charge in [-0.05, 0) is 31.5 Å². The first-order chi connectivity index (χ1) is 11.0. The Labute approximate surface area is 143 Å². The van der Waals surface area contributed by atoms with E-state index in [1.165, 1.54) is 0 Å². The third-order valence-corrected chi connectivity index (χ3v) is 5.29. The Morgan fingerprint density at radius 2 is 1.92 bits per heavy atom. The summed E-state index contributed by atoms with van der Waals surface area (Å²) >= 11 is 5.78. The fourth-order valence-electron chi connectivity index (χ4n) is 1.90. The van der Waals surface area contributed by atoms with Crippen LogP contribution in [0, 0.1) is 0 Å². The van der Waals surface area contributed by atoms with Crippen LogP contribution in [0.5, 0.6) is 0 Å². The first-order valence-corrected chi connectivity index (χ1v) is 8.88. The molecule has 0 saturated carbocycles. The number of halogens is 4. The largest absolute Gasteiger partial charge is 0.465 e. The van der Waals surface area contributed by atoms with E-state index in [9.17, 15) is 26.4 Å². The maximum atomic E-state index is 12.8. The highest BCUT2D eigenvalue weighted by Crippen LogP contribution is 2.34. The van der Waals surface area contributed by atoms with Crippen LogP contribution in [-0.2, 0) is 25.7 Å². The minimum atomic E-state index is -4.72. The molecular weight excluding hydrogens is 371 g/mol. The quantitative estimate of drug-likeness (QED) is 0.673. The predicted octanol–water partition coefficient (Wildman–Crippen LogP) is 3.32. The molecule has 0 aliphatic heterocycles. The number of esters is 1. The second-order valence-corrected chi connectivity index (χ2v) is 7.10. The molecule has 0 amide bonds. The van der Waals surface area contributed by atoms with Gasteiger partial charge in [0.1, 0.15) is 11.4 Å². The lowest BCUT2D eigenvalue weighted by atomic mass is 10.2. The first-order valence-electron chi connectivity index (χ1n) is 7.06. The molecule has 24 heavy (non-hydrogen) atoms. The number of nitrogens with zero attached hydrogens (tertiary/aromatic N) is 1. The van der Waals surface area contributed by atoms with Gasteiger partial charge >= 0.3 is 12.1 Å². The normalized spacial score (nSPS) is 12.5. The van der Waals surface area contributed by atoms with Crippen molar-refractivity contribution >= 4 is 27.6 Å². The molecule has 1 rings (SSSR count). The van der Waals surface area contributed by atoms with Crippen molar-refractivity contribution in [2.24, 2.45) is 0 Å². The van der Waals surface area contributed by atoms with Gasteiger partial charge in [-0.2, -0.15) is 17.5 Å². The van der Waals surface area contributed by atoms with Crippen molar-refractivity contribution in [3.63, 3.8) is 0 Å². The molecule has 0 aromatic heterocycles. The lowest BCUT2D eigenvalue weighted by Gasteiger charge is -2.22. The second-order valence-electron chi connectivity index (χ2n) is 4.79. The van der Waals surface area contributed by atoms with E-state index in [2.05, 4.69) is 0 Å². The number of sulfonamides is 1. The molecule has 1 aromatic rings. The fraction of sp³-hybridized carbons (Fsp3) is 0.500. The first kappa shape index (κ1) is 20.7. The van der Waals surface area contributed by atoms with Crippen LogP contribution >= 0.6 is 11.6 Å². The number of ether oxygens (including phenoxy) is 1. The van der Waals surface area contributed by atoms with Crippen LogP contribution in [0.25, 0.3) is 0 Å². The van der Waals surface area contributed by atoms with Crippen LogP contribution < -0.4 is 0 Å². The molecule has 1 aromatic carbocycles. The Bertz CT molecular complexity index is 692. The van der Waals surface area contributed by atoms with Crippen LogP contribution in [0.15, 0.2) is 23.1 Å². The molecule has 0 unspecified atom stereocenters. The van der Waals surface area contributed by atoms with Gasteiger partial charge in [0.2, 0.25) is 10.0 Å². The smallest absolute Gasteiger partial charge is 0.416 e. The maximum absolute atomic E-state index is 12.8. The van der Waals surface area contributed by atoms with Gasteiger partial charge in [0.25, 0.3) is 0 Å². The standard InChI is InChI=1S/C14H17ClF3NO4S/c1-3-7-19(9-13(20)23-4-2)24(21,22)12-8-10(14(16,17)18)5-6-11(12)15/h5-6,8H,3-4,7,9H2,1-2H3. The Morgan fingerprint density at radius 1 is 1.29 bits per heavy atom. The summed E-state index contributed by atoms with van der Waals surface area (Å²) in [5, 5.41) is -0.354. The van der Waals surface area contributed by atoms with Crippen molar-refractivity contribution in [1.29, 1.82) is 0 Å². The number of hydrogen-bond donors (Lipinski definition) is 0. The van der Waals surface area contributed by atoms with Gasteiger partial charge in [0.15, 0.2) is 0 Å². The summed E-state index contributed by atoms with van der Waals surface area (Å²) in [5.41, 5.74) is -1.14. The molecule has 0 aliphatic carbocycles. The van der Waals surface area contributed by atoms with Crippen LogP contribution in [0.1, 0.15) is 25.8 Å². The van der Waals surface area contributed by atoms with Crippen LogP contribution in [-0.4, -0.2) is 38.4 Å². The zero-order valence-electron chi connectivity index (χ0n) is 13.1. The minimum Gasteiger partial charge on any atom is -0.465 e. The Balaban J connectivity index is 3.31. The Kier molecular flexibility index (Phi) is 7.06. The predicted molar refractivity (Wildman–Crippen MR) is 82.1 cm³/mol. The van der Waals surface area contributed by atoms with Gasteiger partial charge < -0.3 is 4.74 Å². The molecular formula is C14H17ClF3NO4S. The summed E-state index contributed by atoms with van der Waals surface area (Å²) in [6.45, 7) is 2.62. The van der Waals surface area contributed by atoms with Crippen LogP contribution in [0.4, 0.5) is 13.2 Å². The number of hydrogen-bond acceptors (Lipinski definition) is 4. The third-order valence-electron chi connectivity index (χ3n) is 2.96. The molecule has 0 atom stereocenters. The molecule has 0 radical (unpaired) electrons. The molecule has 5 nitrogen and oxygen atoms in total. The number of carbonyl (C=O) groups excluding carboxylic acids is 1. The van der Waals surface area contributed by atoms with Crippen molar-refractivity contribution in [1.82, 2.24) is 4.31 Å². The van der Waals surface area contributed by atoms with Gasteiger partial charge in [-0.1, -0.05) is 18.5 Å². The fourth-order valence-corrected chi connectivity index (χ4v) is 3.88. The molecule has 0 bridgehead atoms. The van der Waals surface area contributed by atoms with E-state index in [0.29, 0.717) is 18.6 Å². The molecule has 136 valence electrons. The van der Waals surface area contributed by atoms with E-state index in [0.717, 1.165) is 10.4 Å². The van der Waals surface area contributed by atoms with Crippen molar-refractivity contribution in [3.05, 3.63) is 28.8 Å². The highest BCUT2D eigenvalue weighted by atomic mass is 35.5. The topological polar surface area (TPSA) is 63.7 Å². The highest BCUT2D eigenvalue weighted by Gasteiger charge is 2.34. The molecule has 0 aliphatic rings. The summed E-state index contributed by atoms with van der Waals surface area (Å²) in [7, 11) is -4.39. The molecule has 0 N–H and O–H groups in total. The Hall–Kier alpha value is -1.32. The minimum absolute atomic E-state index is 0.0587. The summed E-state index contributed by atoms with van der Waals surface area (Å²) in [4.78, 5) is 10.9. The molecule has 0 saturated heterocycles. The van der Waals surface area contributed by atoms with Crippen LogP contribution in [0.2, 0.25) is 5.02 Å². The number of carbonyl (C=O) groups is 1. The summed E-state index contributed by atoms with van der Waals surface area (Å²) in [6.07, 6.45) is -4.36. The van der Waals surface area contributed by atoms with E-state index in [1.807, 2.05) is 0 Å². The average molecular weight is 388 g/mol. The van der Waals surface area contributed by atoms with Gasteiger partial charge in [0, 0.05) is 6.54 Å². The van der Waals surface area contributed by atoms with E-state index >= 15 is 0 Å².